The summed E-state index contributed by atoms with van der Waals surface area (Å²) < 4.78 is 7.22. The number of para-hydroxylation sites is 1. The first-order valence-electron chi connectivity index (χ1n) is 6.90. The molecule has 0 saturated carbocycles. The van der Waals surface area contributed by atoms with Gasteiger partial charge in [-0.25, -0.2) is 0 Å². The highest BCUT2D eigenvalue weighted by Crippen LogP contribution is 2.21. The molecular weight excluding hydrogens is 310 g/mol. The normalized spacial score (nSPS) is 10.3. The highest BCUT2D eigenvalue weighted by atomic mass is 32.1. The maximum Gasteiger partial charge on any atom is 0.226 e. The Morgan fingerprint density at radius 2 is 1.74 bits per heavy atom. The Hall–Kier alpha value is -2.93. The average Bonchev–Trinajstić information content (AvgIpc) is 2.56. The van der Waals surface area contributed by atoms with E-state index in [2.05, 4.69) is 15.3 Å². The lowest BCUT2D eigenvalue weighted by molar-refractivity contribution is 0.414. The average molecular weight is 325 g/mol. The lowest BCUT2D eigenvalue weighted by Crippen LogP contribution is -2.11. The minimum atomic E-state index is 0.123. The molecular formula is C16H15N5OS. The maximum atomic E-state index is 5.74. The third-order valence-electron chi connectivity index (χ3n) is 3.19. The van der Waals surface area contributed by atoms with Gasteiger partial charge in [-0.1, -0.05) is 18.2 Å². The Morgan fingerprint density at radius 3 is 2.39 bits per heavy atom. The van der Waals surface area contributed by atoms with Gasteiger partial charge in [0, 0.05) is 5.69 Å². The molecule has 3 aromatic rings. The van der Waals surface area contributed by atoms with Crippen LogP contribution in [0.15, 0.2) is 54.6 Å². The number of aromatic nitrogens is 3. The molecule has 116 valence electrons. The highest BCUT2D eigenvalue weighted by molar-refractivity contribution is 7.71. The summed E-state index contributed by atoms with van der Waals surface area (Å²) in [5.41, 5.74) is 7.43. The van der Waals surface area contributed by atoms with Crippen LogP contribution in [0.3, 0.4) is 0 Å². The topological polar surface area (TPSA) is 78.0 Å². The van der Waals surface area contributed by atoms with Gasteiger partial charge in [0.05, 0.1) is 12.8 Å². The standard InChI is InChI=1S/C16H15N5OS/c1-22-13-9-7-12(8-10-13)21-15(19-14(17)20-16(21)23)18-11-5-3-2-4-6-11/h2-10H,1H3,(H3,17,18,19,20,23). The Bertz CT molecular complexity index is 862. The zero-order valence-electron chi connectivity index (χ0n) is 12.4. The minimum Gasteiger partial charge on any atom is -0.497 e. The Kier molecular flexibility index (Phi) is 4.20. The van der Waals surface area contributed by atoms with Gasteiger partial charge in [0.2, 0.25) is 16.7 Å². The molecule has 0 aliphatic rings. The van der Waals surface area contributed by atoms with Crippen molar-refractivity contribution in [1.29, 1.82) is 0 Å². The van der Waals surface area contributed by atoms with E-state index in [-0.39, 0.29) is 5.95 Å². The number of nitrogens with one attached hydrogen (secondary N) is 1. The zero-order valence-corrected chi connectivity index (χ0v) is 13.2. The monoisotopic (exact) mass is 325 g/mol. The highest BCUT2D eigenvalue weighted by Gasteiger charge is 2.09. The van der Waals surface area contributed by atoms with E-state index >= 15 is 0 Å². The Labute approximate surface area is 138 Å². The summed E-state index contributed by atoms with van der Waals surface area (Å²) in [6, 6.07) is 17.1. The number of nitrogens with two attached hydrogens (primary N) is 1. The van der Waals surface area contributed by atoms with Gasteiger partial charge in [0.1, 0.15) is 5.75 Å². The molecule has 6 nitrogen and oxygen atoms in total. The van der Waals surface area contributed by atoms with Crippen molar-refractivity contribution in [2.45, 2.75) is 0 Å². The molecule has 0 amide bonds. The molecule has 23 heavy (non-hydrogen) atoms. The van der Waals surface area contributed by atoms with E-state index in [0.29, 0.717) is 10.7 Å². The van der Waals surface area contributed by atoms with Gasteiger partial charge >= 0.3 is 0 Å². The number of benzene rings is 2. The predicted octanol–water partition coefficient (Wildman–Crippen LogP) is 3.33. The smallest absolute Gasteiger partial charge is 0.226 e. The van der Waals surface area contributed by atoms with Crippen LogP contribution >= 0.6 is 12.2 Å². The van der Waals surface area contributed by atoms with Gasteiger partial charge < -0.3 is 15.8 Å². The van der Waals surface area contributed by atoms with E-state index in [4.69, 9.17) is 22.7 Å². The van der Waals surface area contributed by atoms with Crippen LogP contribution < -0.4 is 15.8 Å². The van der Waals surface area contributed by atoms with Crippen molar-refractivity contribution in [3.05, 3.63) is 59.4 Å². The molecule has 0 aliphatic heterocycles. The van der Waals surface area contributed by atoms with Gasteiger partial charge in [0.15, 0.2) is 0 Å². The molecule has 0 atom stereocenters. The van der Waals surface area contributed by atoms with Crippen molar-refractivity contribution in [2.75, 3.05) is 18.2 Å². The van der Waals surface area contributed by atoms with Gasteiger partial charge in [-0.3, -0.25) is 4.57 Å². The number of anilines is 3. The number of nitrogens with zero attached hydrogens (tertiary/aromatic N) is 3. The van der Waals surface area contributed by atoms with Crippen molar-refractivity contribution in [3.8, 4) is 11.4 Å². The Balaban J connectivity index is 2.09. The number of methoxy groups -OCH3 is 1. The molecule has 1 heterocycles. The summed E-state index contributed by atoms with van der Waals surface area (Å²) in [6.45, 7) is 0. The summed E-state index contributed by atoms with van der Waals surface area (Å²) in [5.74, 6) is 1.38. The van der Waals surface area contributed by atoms with Crippen LogP contribution in [0.4, 0.5) is 17.6 Å². The van der Waals surface area contributed by atoms with Crippen molar-refractivity contribution in [3.63, 3.8) is 0 Å². The molecule has 0 fully saturated rings. The number of ether oxygens (including phenoxy) is 1. The van der Waals surface area contributed by atoms with Crippen molar-refractivity contribution >= 4 is 29.8 Å². The van der Waals surface area contributed by atoms with Crippen LogP contribution in [0.1, 0.15) is 0 Å². The first kappa shape index (κ1) is 15.0. The SMILES string of the molecule is COc1ccc(-n2c(Nc3ccccc3)nc(N)nc2=S)cc1. The molecule has 2 aromatic carbocycles. The fourth-order valence-electron chi connectivity index (χ4n) is 2.12. The van der Waals surface area contributed by atoms with E-state index in [0.717, 1.165) is 17.1 Å². The molecule has 0 aliphatic carbocycles. The minimum absolute atomic E-state index is 0.123. The quantitative estimate of drug-likeness (QED) is 0.716. The number of rotatable bonds is 4. The molecule has 3 N–H and O–H groups in total. The van der Waals surface area contributed by atoms with Gasteiger partial charge in [0.25, 0.3) is 0 Å². The fourth-order valence-corrected chi connectivity index (χ4v) is 2.41. The molecule has 0 unspecified atom stereocenters. The first-order valence-corrected chi connectivity index (χ1v) is 7.31. The maximum absolute atomic E-state index is 5.74. The number of nitrogen functional groups attached to an aromatic ring is 1. The summed E-state index contributed by atoms with van der Waals surface area (Å²) in [4.78, 5) is 8.34. The lowest BCUT2D eigenvalue weighted by atomic mass is 10.3. The van der Waals surface area contributed by atoms with Crippen LogP contribution in [0.5, 0.6) is 5.75 Å². The molecule has 0 bridgehead atoms. The summed E-state index contributed by atoms with van der Waals surface area (Å²) >= 11 is 5.35. The van der Waals surface area contributed by atoms with Crippen LogP contribution in [0.25, 0.3) is 5.69 Å². The van der Waals surface area contributed by atoms with Gasteiger partial charge in [-0.15, -0.1) is 0 Å². The molecule has 0 saturated heterocycles. The largest absolute Gasteiger partial charge is 0.497 e. The molecule has 3 rings (SSSR count). The van der Waals surface area contributed by atoms with E-state index in [1.807, 2.05) is 54.6 Å². The predicted molar refractivity (Wildman–Crippen MR) is 92.9 cm³/mol. The number of hydrogen-bond donors (Lipinski definition) is 2. The second kappa shape index (κ2) is 6.45. The van der Waals surface area contributed by atoms with E-state index < -0.39 is 0 Å². The van der Waals surface area contributed by atoms with Crippen LogP contribution in [-0.4, -0.2) is 21.6 Å². The number of hydrogen-bond acceptors (Lipinski definition) is 6. The third-order valence-corrected chi connectivity index (χ3v) is 3.47. The summed E-state index contributed by atoms with van der Waals surface area (Å²) in [7, 11) is 1.62. The van der Waals surface area contributed by atoms with Crippen molar-refractivity contribution in [2.24, 2.45) is 0 Å². The lowest BCUT2D eigenvalue weighted by Gasteiger charge is -2.14. The van der Waals surface area contributed by atoms with E-state index in [9.17, 15) is 0 Å². The van der Waals surface area contributed by atoms with E-state index in [1.54, 1.807) is 11.7 Å². The molecule has 0 spiro atoms. The second-order valence-electron chi connectivity index (χ2n) is 4.71. The molecule has 0 radical (unpaired) electrons. The van der Waals surface area contributed by atoms with Crippen molar-refractivity contribution in [1.82, 2.24) is 14.5 Å². The van der Waals surface area contributed by atoms with E-state index in [1.165, 1.54) is 0 Å². The van der Waals surface area contributed by atoms with Crippen LogP contribution in [0, 0.1) is 4.77 Å². The summed E-state index contributed by atoms with van der Waals surface area (Å²) in [5, 5.41) is 3.22. The third kappa shape index (κ3) is 3.29. The van der Waals surface area contributed by atoms with Crippen LogP contribution in [0.2, 0.25) is 0 Å². The van der Waals surface area contributed by atoms with Gasteiger partial charge in [-0.05, 0) is 48.6 Å². The zero-order chi connectivity index (χ0) is 16.2. The van der Waals surface area contributed by atoms with Crippen molar-refractivity contribution < 1.29 is 4.74 Å². The van der Waals surface area contributed by atoms with Crippen LogP contribution in [-0.2, 0) is 0 Å². The van der Waals surface area contributed by atoms with Gasteiger partial charge in [-0.2, -0.15) is 9.97 Å². The first-order chi connectivity index (χ1) is 11.2. The molecule has 7 heteroatoms. The fraction of sp³-hybridized carbons (Fsp3) is 0.0625. The Morgan fingerprint density at radius 1 is 1.04 bits per heavy atom. The second-order valence-corrected chi connectivity index (χ2v) is 5.08. The molecule has 1 aromatic heterocycles. The summed E-state index contributed by atoms with van der Waals surface area (Å²) in [6.07, 6.45) is 0.